The maximum atomic E-state index is 12.6. The number of halogens is 2. The number of rotatable bonds is 3. The van der Waals surface area contributed by atoms with E-state index in [1.807, 2.05) is 0 Å². The number of carbonyl (C=O) groups excluding carboxylic acids is 1. The van der Waals surface area contributed by atoms with E-state index in [0.717, 1.165) is 6.92 Å². The van der Waals surface area contributed by atoms with Crippen LogP contribution in [0, 0.1) is 11.3 Å². The molecule has 0 aromatic rings. The minimum absolute atomic E-state index is 0.878. The van der Waals surface area contributed by atoms with Crippen LogP contribution < -0.4 is 5.48 Å². The summed E-state index contributed by atoms with van der Waals surface area (Å²) in [4.78, 5) is 11.3. The van der Waals surface area contributed by atoms with Crippen LogP contribution in [-0.4, -0.2) is 28.2 Å². The number of hydrogen-bond donors (Lipinski definition) is 3. The fraction of sp³-hybridized carbons (Fsp3) is 0.889. The maximum Gasteiger partial charge on any atom is 0.267 e. The summed E-state index contributed by atoms with van der Waals surface area (Å²) in [5, 5.41) is 18.0. The first-order valence-corrected chi connectivity index (χ1v) is 4.49. The zero-order chi connectivity index (χ0) is 12.4. The van der Waals surface area contributed by atoms with Gasteiger partial charge in [0.05, 0.1) is 5.92 Å². The molecular weight excluding hydrogens is 208 g/mol. The van der Waals surface area contributed by atoms with Crippen molar-refractivity contribution < 1.29 is 23.9 Å². The second kappa shape index (κ2) is 4.40. The van der Waals surface area contributed by atoms with E-state index in [9.17, 15) is 18.7 Å². The van der Waals surface area contributed by atoms with Gasteiger partial charge in [-0.2, -0.15) is 0 Å². The van der Waals surface area contributed by atoms with Crippen molar-refractivity contribution >= 4 is 5.91 Å². The van der Waals surface area contributed by atoms with Gasteiger partial charge in [-0.15, -0.1) is 0 Å². The highest BCUT2D eigenvalue weighted by atomic mass is 19.3. The number of amides is 1. The minimum atomic E-state index is -3.07. The van der Waals surface area contributed by atoms with Crippen molar-refractivity contribution in [2.75, 3.05) is 0 Å². The fourth-order valence-electron chi connectivity index (χ4n) is 1.73. The predicted octanol–water partition coefficient (Wildman–Crippen LogP) is 1.17. The second-order valence-electron chi connectivity index (χ2n) is 4.80. The van der Waals surface area contributed by atoms with E-state index in [0.29, 0.717) is 0 Å². The molecule has 2 unspecified atom stereocenters. The number of carbonyl (C=O) groups is 1. The number of alkyl halides is 2. The Labute approximate surface area is 87.2 Å². The molecule has 0 saturated carbocycles. The molecule has 1 amide bonds. The summed E-state index contributed by atoms with van der Waals surface area (Å²) >= 11 is 0. The van der Waals surface area contributed by atoms with Gasteiger partial charge in [0.25, 0.3) is 6.43 Å². The van der Waals surface area contributed by atoms with Crippen LogP contribution in [0.5, 0.6) is 0 Å². The summed E-state index contributed by atoms with van der Waals surface area (Å²) < 4.78 is 25.2. The zero-order valence-corrected chi connectivity index (χ0v) is 9.21. The Kier molecular flexibility index (Phi) is 4.18. The van der Waals surface area contributed by atoms with Gasteiger partial charge in [0.1, 0.15) is 5.60 Å². The quantitative estimate of drug-likeness (QED) is 0.499. The average molecular weight is 225 g/mol. The molecule has 0 aliphatic carbocycles. The Balaban J connectivity index is 5.21. The largest absolute Gasteiger partial charge is 0.383 e. The molecule has 4 nitrogen and oxygen atoms in total. The van der Waals surface area contributed by atoms with Crippen molar-refractivity contribution in [2.45, 2.75) is 39.7 Å². The molecule has 0 aromatic heterocycles. The Morgan fingerprint density at radius 1 is 1.27 bits per heavy atom. The summed E-state index contributed by atoms with van der Waals surface area (Å²) in [7, 11) is 0. The van der Waals surface area contributed by atoms with E-state index < -0.39 is 29.3 Å². The van der Waals surface area contributed by atoms with E-state index in [-0.39, 0.29) is 0 Å². The van der Waals surface area contributed by atoms with Crippen molar-refractivity contribution in [2.24, 2.45) is 11.3 Å². The molecule has 0 aliphatic rings. The van der Waals surface area contributed by atoms with Crippen LogP contribution in [0.15, 0.2) is 0 Å². The molecule has 0 fully saturated rings. The van der Waals surface area contributed by atoms with E-state index in [1.54, 1.807) is 0 Å². The molecular formula is C9H17F2NO3. The van der Waals surface area contributed by atoms with Crippen LogP contribution in [0.3, 0.4) is 0 Å². The van der Waals surface area contributed by atoms with Gasteiger partial charge in [0.15, 0.2) is 0 Å². The van der Waals surface area contributed by atoms with Gasteiger partial charge in [-0.1, -0.05) is 20.8 Å². The topological polar surface area (TPSA) is 69.6 Å². The van der Waals surface area contributed by atoms with Crippen molar-refractivity contribution in [1.29, 1.82) is 0 Å². The van der Waals surface area contributed by atoms with Crippen LogP contribution in [0.4, 0.5) is 8.78 Å². The van der Waals surface area contributed by atoms with E-state index >= 15 is 0 Å². The summed E-state index contributed by atoms with van der Waals surface area (Å²) in [6, 6.07) is 0. The SMILES string of the molecule is CC(C)(C)C(C(=O)NO)C(C)(O)C(F)F. The lowest BCUT2D eigenvalue weighted by molar-refractivity contribution is -0.172. The molecule has 0 rings (SSSR count). The third-order valence-corrected chi connectivity index (χ3v) is 2.26. The summed E-state index contributed by atoms with van der Waals surface area (Å²) in [5.41, 5.74) is -2.08. The van der Waals surface area contributed by atoms with Gasteiger partial charge >= 0.3 is 0 Å². The lowest BCUT2D eigenvalue weighted by atomic mass is 9.71. The van der Waals surface area contributed by atoms with Crippen LogP contribution in [0.25, 0.3) is 0 Å². The first-order chi connectivity index (χ1) is 6.55. The highest BCUT2D eigenvalue weighted by molar-refractivity contribution is 5.79. The Hall–Kier alpha value is -0.750. The van der Waals surface area contributed by atoms with E-state index in [4.69, 9.17) is 5.21 Å². The van der Waals surface area contributed by atoms with Gasteiger partial charge in [-0.05, 0) is 12.3 Å². The molecule has 3 N–H and O–H groups in total. The zero-order valence-electron chi connectivity index (χ0n) is 9.21. The van der Waals surface area contributed by atoms with Crippen LogP contribution in [-0.2, 0) is 4.79 Å². The number of hydrogen-bond acceptors (Lipinski definition) is 3. The lowest BCUT2D eigenvalue weighted by Crippen LogP contribution is -2.54. The van der Waals surface area contributed by atoms with Crippen molar-refractivity contribution in [1.82, 2.24) is 5.48 Å². The highest BCUT2D eigenvalue weighted by Gasteiger charge is 2.50. The van der Waals surface area contributed by atoms with Gasteiger partial charge in [-0.3, -0.25) is 10.0 Å². The summed E-state index contributed by atoms with van der Waals surface area (Å²) in [6.45, 7) is 5.47. The van der Waals surface area contributed by atoms with Crippen LogP contribution in [0.2, 0.25) is 0 Å². The molecule has 0 spiro atoms. The van der Waals surface area contributed by atoms with E-state index in [1.165, 1.54) is 26.3 Å². The molecule has 0 radical (unpaired) electrons. The Bertz CT molecular complexity index is 236. The van der Waals surface area contributed by atoms with Crippen LogP contribution in [0.1, 0.15) is 27.7 Å². The van der Waals surface area contributed by atoms with E-state index in [2.05, 4.69) is 0 Å². The molecule has 0 heterocycles. The lowest BCUT2D eigenvalue weighted by Gasteiger charge is -2.38. The number of nitrogens with one attached hydrogen (secondary N) is 1. The predicted molar refractivity (Wildman–Crippen MR) is 49.5 cm³/mol. The fourth-order valence-corrected chi connectivity index (χ4v) is 1.73. The van der Waals surface area contributed by atoms with Gasteiger partial charge in [-0.25, -0.2) is 14.3 Å². The average Bonchev–Trinajstić information content (AvgIpc) is 2.00. The van der Waals surface area contributed by atoms with Crippen LogP contribution >= 0.6 is 0 Å². The monoisotopic (exact) mass is 225 g/mol. The third kappa shape index (κ3) is 3.10. The Morgan fingerprint density at radius 3 is 1.87 bits per heavy atom. The van der Waals surface area contributed by atoms with Gasteiger partial charge < -0.3 is 5.11 Å². The van der Waals surface area contributed by atoms with Gasteiger partial charge in [0.2, 0.25) is 5.91 Å². The third-order valence-electron chi connectivity index (χ3n) is 2.26. The first kappa shape index (κ1) is 14.2. The molecule has 15 heavy (non-hydrogen) atoms. The van der Waals surface area contributed by atoms with Crippen molar-refractivity contribution in [3.05, 3.63) is 0 Å². The molecule has 2 atom stereocenters. The highest BCUT2D eigenvalue weighted by Crippen LogP contribution is 2.38. The first-order valence-electron chi connectivity index (χ1n) is 4.49. The molecule has 0 saturated heterocycles. The normalized spacial score (nSPS) is 18.5. The molecule has 0 aliphatic heterocycles. The minimum Gasteiger partial charge on any atom is -0.383 e. The second-order valence-corrected chi connectivity index (χ2v) is 4.80. The molecule has 0 aromatic carbocycles. The van der Waals surface area contributed by atoms with Gasteiger partial charge in [0, 0.05) is 0 Å². The van der Waals surface area contributed by atoms with Crippen molar-refractivity contribution in [3.8, 4) is 0 Å². The Morgan fingerprint density at radius 2 is 1.67 bits per heavy atom. The smallest absolute Gasteiger partial charge is 0.267 e. The molecule has 6 heteroatoms. The number of aliphatic hydroxyl groups is 1. The van der Waals surface area contributed by atoms with Crippen molar-refractivity contribution in [3.63, 3.8) is 0 Å². The molecule has 0 bridgehead atoms. The standard InChI is InChI=1S/C9H17F2NO3/c1-8(2,3)5(6(13)12-15)9(4,14)7(10)11/h5,7,14-15H,1-4H3,(H,12,13). The summed E-state index contributed by atoms with van der Waals surface area (Å²) in [5.74, 6) is -2.43. The number of hydroxylamine groups is 1. The molecule has 90 valence electrons. The maximum absolute atomic E-state index is 12.6. The summed E-state index contributed by atoms with van der Waals surface area (Å²) in [6.07, 6.45) is -3.07.